The maximum absolute atomic E-state index is 6.14. The summed E-state index contributed by atoms with van der Waals surface area (Å²) >= 11 is 0. The normalized spacial score (nSPS) is 26.6. The van der Waals surface area contributed by atoms with E-state index >= 15 is 0 Å². The highest BCUT2D eigenvalue weighted by Gasteiger charge is 2.39. The number of rotatable bonds is 4. The second kappa shape index (κ2) is 5.22. The third-order valence-corrected chi connectivity index (χ3v) is 8.37. The summed E-state index contributed by atoms with van der Waals surface area (Å²) in [5, 5.41) is 0.230. The smallest absolute Gasteiger partial charge is 0.192 e. The fourth-order valence-corrected chi connectivity index (χ4v) is 2.47. The first kappa shape index (κ1) is 14.9. The topological polar surface area (TPSA) is 27.7 Å². The molecule has 0 spiro atoms. The lowest BCUT2D eigenvalue weighted by atomic mass is 10.1. The molecule has 3 nitrogen and oxygen atoms in total. The molecule has 1 fully saturated rings. The first-order chi connectivity index (χ1) is 7.67. The van der Waals surface area contributed by atoms with Crippen LogP contribution in [0.1, 0.15) is 27.2 Å². The van der Waals surface area contributed by atoms with E-state index in [0.29, 0.717) is 6.61 Å². The lowest BCUT2D eigenvalue weighted by Gasteiger charge is -2.36. The van der Waals surface area contributed by atoms with Crippen LogP contribution in [0.15, 0.2) is 12.2 Å². The Kier molecular flexibility index (Phi) is 4.58. The van der Waals surface area contributed by atoms with E-state index in [4.69, 9.17) is 13.9 Å². The van der Waals surface area contributed by atoms with Gasteiger partial charge in [0.05, 0.1) is 6.61 Å². The second-order valence-electron chi connectivity index (χ2n) is 6.22. The highest BCUT2D eigenvalue weighted by molar-refractivity contribution is 6.74. The minimum Gasteiger partial charge on any atom is -0.414 e. The van der Waals surface area contributed by atoms with Gasteiger partial charge in [-0.3, -0.25) is 0 Å². The Morgan fingerprint density at radius 1 is 1.41 bits per heavy atom. The highest BCUT2D eigenvalue weighted by Crippen LogP contribution is 2.37. The molecule has 0 N–H and O–H groups in total. The number of methoxy groups -OCH3 is 1. The van der Waals surface area contributed by atoms with Gasteiger partial charge in [0, 0.05) is 13.5 Å². The van der Waals surface area contributed by atoms with Gasteiger partial charge < -0.3 is 13.9 Å². The van der Waals surface area contributed by atoms with Crippen molar-refractivity contribution in [3.05, 3.63) is 12.2 Å². The minimum atomic E-state index is -1.70. The molecule has 0 aliphatic carbocycles. The van der Waals surface area contributed by atoms with Crippen molar-refractivity contribution in [3.8, 4) is 0 Å². The van der Waals surface area contributed by atoms with Gasteiger partial charge in [0.25, 0.3) is 0 Å². The average molecular weight is 258 g/mol. The molecule has 0 aromatic heterocycles. The van der Waals surface area contributed by atoms with Crippen molar-refractivity contribution in [2.24, 2.45) is 0 Å². The summed E-state index contributed by atoms with van der Waals surface area (Å²) in [6.45, 7) is 15.8. The van der Waals surface area contributed by atoms with Gasteiger partial charge in [0.15, 0.2) is 14.6 Å². The molecule has 0 amide bonds. The van der Waals surface area contributed by atoms with E-state index in [1.54, 1.807) is 7.11 Å². The Labute approximate surface area is 106 Å². The third-order valence-electron chi connectivity index (χ3n) is 3.86. The standard InChI is InChI=1S/C13H26O3Si/c1-10-8-12(14-5)16-11(10)9-15-17(6,7)13(2,3)4/h11-12H,1,8-9H2,2-7H3/t11-,12-/m1/s1. The Balaban J connectivity index is 2.49. The zero-order valence-electron chi connectivity index (χ0n) is 12.0. The van der Waals surface area contributed by atoms with Crippen molar-refractivity contribution in [1.82, 2.24) is 0 Å². The quantitative estimate of drug-likeness (QED) is 0.572. The number of hydrogen-bond acceptors (Lipinski definition) is 3. The zero-order chi connectivity index (χ0) is 13.3. The van der Waals surface area contributed by atoms with Crippen LogP contribution < -0.4 is 0 Å². The first-order valence-electron chi connectivity index (χ1n) is 6.17. The van der Waals surface area contributed by atoms with Crippen molar-refractivity contribution >= 4 is 8.32 Å². The average Bonchev–Trinajstić information content (AvgIpc) is 2.55. The van der Waals surface area contributed by atoms with E-state index in [1.807, 2.05) is 0 Å². The SMILES string of the molecule is C=C1C[C@H](OC)O[C@@H]1CO[Si](C)(C)C(C)(C)C. The molecular formula is C13H26O3Si. The lowest BCUT2D eigenvalue weighted by Crippen LogP contribution is -2.42. The monoisotopic (exact) mass is 258 g/mol. The van der Waals surface area contributed by atoms with Gasteiger partial charge in [0.2, 0.25) is 0 Å². The van der Waals surface area contributed by atoms with Gasteiger partial charge in [-0.25, -0.2) is 0 Å². The summed E-state index contributed by atoms with van der Waals surface area (Å²) in [5.74, 6) is 0. The summed E-state index contributed by atoms with van der Waals surface area (Å²) in [4.78, 5) is 0. The molecule has 1 rings (SSSR count). The molecule has 0 bridgehead atoms. The summed E-state index contributed by atoms with van der Waals surface area (Å²) < 4.78 is 17.0. The molecule has 0 aromatic carbocycles. The van der Waals surface area contributed by atoms with E-state index in [2.05, 4.69) is 40.4 Å². The molecule has 1 saturated heterocycles. The van der Waals surface area contributed by atoms with Crippen molar-refractivity contribution in [3.63, 3.8) is 0 Å². The first-order valence-corrected chi connectivity index (χ1v) is 9.08. The molecule has 1 aliphatic heterocycles. The molecular weight excluding hydrogens is 232 g/mol. The molecule has 0 aromatic rings. The van der Waals surface area contributed by atoms with Crippen molar-refractivity contribution < 1.29 is 13.9 Å². The van der Waals surface area contributed by atoms with Crippen LogP contribution in [0.2, 0.25) is 18.1 Å². The Hall–Kier alpha value is -0.163. The zero-order valence-corrected chi connectivity index (χ0v) is 13.0. The van der Waals surface area contributed by atoms with Crippen LogP contribution in [0.5, 0.6) is 0 Å². The van der Waals surface area contributed by atoms with Crippen LogP contribution in [0.3, 0.4) is 0 Å². The van der Waals surface area contributed by atoms with Crippen LogP contribution in [0.25, 0.3) is 0 Å². The maximum Gasteiger partial charge on any atom is 0.192 e. The third kappa shape index (κ3) is 3.65. The fraction of sp³-hybridized carbons (Fsp3) is 0.846. The van der Waals surface area contributed by atoms with E-state index in [1.165, 1.54) is 0 Å². The highest BCUT2D eigenvalue weighted by atomic mass is 28.4. The van der Waals surface area contributed by atoms with Crippen LogP contribution in [0, 0.1) is 0 Å². The van der Waals surface area contributed by atoms with E-state index < -0.39 is 8.32 Å². The van der Waals surface area contributed by atoms with Crippen LogP contribution in [0.4, 0.5) is 0 Å². The van der Waals surface area contributed by atoms with Crippen LogP contribution in [-0.2, 0) is 13.9 Å². The van der Waals surface area contributed by atoms with Crippen molar-refractivity contribution in [1.29, 1.82) is 0 Å². The Bertz CT molecular complexity index is 281. The maximum atomic E-state index is 6.14. The van der Waals surface area contributed by atoms with Gasteiger partial charge in [-0.05, 0) is 23.7 Å². The van der Waals surface area contributed by atoms with Gasteiger partial charge in [0.1, 0.15) is 6.10 Å². The van der Waals surface area contributed by atoms with Crippen LogP contribution >= 0.6 is 0 Å². The van der Waals surface area contributed by atoms with Gasteiger partial charge in [-0.15, -0.1) is 0 Å². The van der Waals surface area contributed by atoms with Gasteiger partial charge in [-0.2, -0.15) is 0 Å². The van der Waals surface area contributed by atoms with E-state index in [9.17, 15) is 0 Å². The van der Waals surface area contributed by atoms with Crippen LogP contribution in [-0.4, -0.2) is 34.4 Å². The summed E-state index contributed by atoms with van der Waals surface area (Å²) in [6, 6.07) is 0. The predicted molar refractivity (Wildman–Crippen MR) is 72.6 cm³/mol. The summed E-state index contributed by atoms with van der Waals surface area (Å²) in [6.07, 6.45) is 0.631. The molecule has 2 atom stereocenters. The summed E-state index contributed by atoms with van der Waals surface area (Å²) in [7, 11) is -0.0344. The van der Waals surface area contributed by atoms with E-state index in [-0.39, 0.29) is 17.4 Å². The van der Waals surface area contributed by atoms with Gasteiger partial charge in [-0.1, -0.05) is 27.4 Å². The number of hydrogen-bond donors (Lipinski definition) is 0. The number of ether oxygens (including phenoxy) is 2. The molecule has 0 radical (unpaired) electrons. The van der Waals surface area contributed by atoms with E-state index in [0.717, 1.165) is 12.0 Å². The van der Waals surface area contributed by atoms with Crippen molar-refractivity contribution in [2.45, 2.75) is 57.7 Å². The van der Waals surface area contributed by atoms with Crippen molar-refractivity contribution in [2.75, 3.05) is 13.7 Å². The Morgan fingerprint density at radius 3 is 2.41 bits per heavy atom. The predicted octanol–water partition coefficient (Wildman–Crippen LogP) is 3.33. The lowest BCUT2D eigenvalue weighted by molar-refractivity contribution is -0.120. The Morgan fingerprint density at radius 2 is 2.00 bits per heavy atom. The second-order valence-corrected chi connectivity index (χ2v) is 11.0. The molecule has 0 unspecified atom stereocenters. The molecule has 100 valence electrons. The summed E-state index contributed by atoms with van der Waals surface area (Å²) in [5.41, 5.74) is 1.08. The molecule has 1 aliphatic rings. The molecule has 0 saturated carbocycles. The van der Waals surface area contributed by atoms with Gasteiger partial charge >= 0.3 is 0 Å². The molecule has 17 heavy (non-hydrogen) atoms. The minimum absolute atomic E-state index is 0.00549. The largest absolute Gasteiger partial charge is 0.414 e. The molecule has 4 heteroatoms. The fourth-order valence-electron chi connectivity index (χ4n) is 1.47. The molecule has 1 heterocycles.